The second-order valence-electron chi connectivity index (χ2n) is 8.32. The van der Waals surface area contributed by atoms with E-state index in [-0.39, 0.29) is 0 Å². The van der Waals surface area contributed by atoms with Crippen molar-refractivity contribution in [3.8, 4) is 0 Å². The van der Waals surface area contributed by atoms with E-state index < -0.39 is 9.84 Å². The molecule has 1 aromatic carbocycles. The van der Waals surface area contributed by atoms with Gasteiger partial charge in [0.25, 0.3) is 0 Å². The molecule has 0 radical (unpaired) electrons. The zero-order valence-electron chi connectivity index (χ0n) is 17.2. The van der Waals surface area contributed by atoms with Gasteiger partial charge < -0.3 is 10.6 Å². The Bertz CT molecular complexity index is 718. The minimum Gasteiger partial charge on any atom is -0.356 e. The smallest absolute Gasteiger partial charge is 0.191 e. The zero-order valence-corrected chi connectivity index (χ0v) is 18.0. The molecule has 152 valence electrons. The van der Waals surface area contributed by atoms with E-state index in [4.69, 9.17) is 0 Å². The molecule has 1 aromatic rings. The summed E-state index contributed by atoms with van der Waals surface area (Å²) in [5.74, 6) is 1.56. The van der Waals surface area contributed by atoms with E-state index in [0.717, 1.165) is 37.0 Å². The molecule has 0 atom stereocenters. The second kappa shape index (κ2) is 9.58. The third-order valence-electron chi connectivity index (χ3n) is 5.42. The molecule has 5 nitrogen and oxygen atoms in total. The summed E-state index contributed by atoms with van der Waals surface area (Å²) in [4.78, 5) is 4.72. The van der Waals surface area contributed by atoms with Crippen LogP contribution >= 0.6 is 0 Å². The number of sulfone groups is 1. The van der Waals surface area contributed by atoms with Crippen molar-refractivity contribution in [1.82, 2.24) is 10.6 Å². The molecule has 0 unspecified atom stereocenters. The summed E-state index contributed by atoms with van der Waals surface area (Å²) in [6.07, 6.45) is 8.61. The second-order valence-corrected chi connectivity index (χ2v) is 10.3. The van der Waals surface area contributed by atoms with Crippen molar-refractivity contribution < 1.29 is 8.42 Å². The molecule has 1 aliphatic carbocycles. The van der Waals surface area contributed by atoms with Gasteiger partial charge in [-0.2, -0.15) is 0 Å². The van der Waals surface area contributed by atoms with Crippen LogP contribution in [0.2, 0.25) is 0 Å². The summed E-state index contributed by atoms with van der Waals surface area (Å²) in [6.45, 7) is 6.35. The lowest BCUT2D eigenvalue weighted by Gasteiger charge is -2.32. The summed E-state index contributed by atoms with van der Waals surface area (Å²) in [6, 6.07) is 7.11. The van der Waals surface area contributed by atoms with Crippen LogP contribution in [0.5, 0.6) is 0 Å². The number of hydrogen-bond acceptors (Lipinski definition) is 3. The van der Waals surface area contributed by atoms with Crippen molar-refractivity contribution in [3.05, 3.63) is 29.8 Å². The number of rotatable bonds is 8. The Morgan fingerprint density at radius 3 is 2.30 bits per heavy atom. The molecular formula is C21H35N3O2S. The first-order chi connectivity index (χ1) is 12.7. The van der Waals surface area contributed by atoms with Crippen molar-refractivity contribution in [2.24, 2.45) is 16.3 Å². The van der Waals surface area contributed by atoms with Gasteiger partial charge in [-0.15, -0.1) is 0 Å². The van der Waals surface area contributed by atoms with Gasteiger partial charge in [0.15, 0.2) is 15.8 Å². The lowest BCUT2D eigenvalue weighted by Crippen LogP contribution is -2.44. The predicted octanol–water partition coefficient (Wildman–Crippen LogP) is 3.40. The minimum absolute atomic E-state index is 0.365. The average Bonchev–Trinajstić information content (AvgIpc) is 3.05. The number of nitrogens with one attached hydrogen (secondary N) is 2. The molecule has 27 heavy (non-hydrogen) atoms. The largest absolute Gasteiger partial charge is 0.356 e. The van der Waals surface area contributed by atoms with E-state index in [1.54, 1.807) is 19.2 Å². The normalized spacial score (nSPS) is 17.3. The van der Waals surface area contributed by atoms with Crippen LogP contribution in [0, 0.1) is 11.3 Å². The first-order valence-corrected chi connectivity index (χ1v) is 11.9. The van der Waals surface area contributed by atoms with E-state index in [1.807, 2.05) is 12.1 Å². The molecule has 0 bridgehead atoms. The van der Waals surface area contributed by atoms with Gasteiger partial charge >= 0.3 is 0 Å². The summed E-state index contributed by atoms with van der Waals surface area (Å²) in [5, 5.41) is 6.91. The Morgan fingerprint density at radius 2 is 1.78 bits per heavy atom. The predicted molar refractivity (Wildman–Crippen MR) is 113 cm³/mol. The van der Waals surface area contributed by atoms with Gasteiger partial charge in [-0.3, -0.25) is 4.99 Å². The molecule has 1 fully saturated rings. The monoisotopic (exact) mass is 393 g/mol. The highest BCUT2D eigenvalue weighted by atomic mass is 32.2. The standard InChI is InChI=1S/C21H35N3O2S/c1-17(2)15-21(12-5-6-13-21)16-24-20(22-3)23-14-11-18-7-9-19(10-8-18)27(4,25)26/h7-10,17H,5-6,11-16H2,1-4H3,(H2,22,23,24). The van der Waals surface area contributed by atoms with Crippen molar-refractivity contribution in [2.45, 2.75) is 57.3 Å². The zero-order chi connectivity index (χ0) is 19.9. The van der Waals surface area contributed by atoms with Gasteiger partial charge in [-0.25, -0.2) is 8.42 Å². The third-order valence-corrected chi connectivity index (χ3v) is 6.55. The van der Waals surface area contributed by atoms with Gasteiger partial charge in [0.05, 0.1) is 4.90 Å². The lowest BCUT2D eigenvalue weighted by molar-refractivity contribution is 0.235. The SMILES string of the molecule is CN=C(NCCc1ccc(S(C)(=O)=O)cc1)NCC1(CC(C)C)CCCC1. The van der Waals surface area contributed by atoms with E-state index in [0.29, 0.717) is 10.3 Å². The Hall–Kier alpha value is -1.56. The van der Waals surface area contributed by atoms with Crippen LogP contribution in [0.1, 0.15) is 51.5 Å². The fraction of sp³-hybridized carbons (Fsp3) is 0.667. The summed E-state index contributed by atoms with van der Waals surface area (Å²) in [7, 11) is -1.33. The fourth-order valence-corrected chi connectivity index (χ4v) is 4.79. The van der Waals surface area contributed by atoms with Crippen molar-refractivity contribution in [2.75, 3.05) is 26.4 Å². The van der Waals surface area contributed by atoms with Crippen LogP contribution in [0.15, 0.2) is 34.2 Å². The Morgan fingerprint density at radius 1 is 1.15 bits per heavy atom. The molecule has 2 rings (SSSR count). The first-order valence-electron chi connectivity index (χ1n) is 9.98. The highest BCUT2D eigenvalue weighted by Crippen LogP contribution is 2.42. The number of guanidine groups is 1. The fourth-order valence-electron chi connectivity index (χ4n) is 4.16. The maximum atomic E-state index is 11.5. The van der Waals surface area contributed by atoms with E-state index in [9.17, 15) is 8.42 Å². The number of aliphatic imine (C=N–C) groups is 1. The maximum Gasteiger partial charge on any atom is 0.191 e. The third kappa shape index (κ3) is 6.83. The number of benzene rings is 1. The Kier molecular flexibility index (Phi) is 7.71. The van der Waals surface area contributed by atoms with Crippen LogP contribution < -0.4 is 10.6 Å². The quantitative estimate of drug-likeness (QED) is 0.524. The summed E-state index contributed by atoms with van der Waals surface area (Å²) >= 11 is 0. The van der Waals surface area contributed by atoms with Gasteiger partial charge in [-0.1, -0.05) is 38.8 Å². The highest BCUT2D eigenvalue weighted by molar-refractivity contribution is 7.90. The molecule has 0 heterocycles. The van der Waals surface area contributed by atoms with E-state index in [1.165, 1.54) is 38.4 Å². The van der Waals surface area contributed by atoms with Crippen molar-refractivity contribution in [3.63, 3.8) is 0 Å². The number of nitrogens with zero attached hydrogens (tertiary/aromatic N) is 1. The molecule has 0 aromatic heterocycles. The van der Waals surface area contributed by atoms with Crippen LogP contribution in [-0.4, -0.2) is 40.8 Å². The van der Waals surface area contributed by atoms with E-state index in [2.05, 4.69) is 29.5 Å². The average molecular weight is 394 g/mol. The molecule has 0 saturated heterocycles. The van der Waals surface area contributed by atoms with E-state index >= 15 is 0 Å². The van der Waals surface area contributed by atoms with Gasteiger partial charge in [0.2, 0.25) is 0 Å². The van der Waals surface area contributed by atoms with Crippen LogP contribution in [0.25, 0.3) is 0 Å². The Balaban J connectivity index is 1.81. The Labute approximate surface area is 165 Å². The maximum absolute atomic E-state index is 11.5. The summed E-state index contributed by atoms with van der Waals surface area (Å²) < 4.78 is 23.0. The van der Waals surface area contributed by atoms with Gasteiger partial charge in [0, 0.05) is 26.4 Å². The first kappa shape index (κ1) is 21.7. The summed E-state index contributed by atoms with van der Waals surface area (Å²) in [5.41, 5.74) is 1.52. The molecule has 1 aliphatic rings. The molecule has 0 spiro atoms. The molecule has 0 aliphatic heterocycles. The molecule has 1 saturated carbocycles. The topological polar surface area (TPSA) is 70.6 Å². The van der Waals surface area contributed by atoms with Gasteiger partial charge in [-0.05, 0) is 54.7 Å². The van der Waals surface area contributed by atoms with Gasteiger partial charge in [0.1, 0.15) is 0 Å². The van der Waals surface area contributed by atoms with Crippen LogP contribution in [0.3, 0.4) is 0 Å². The molecular weight excluding hydrogens is 358 g/mol. The van der Waals surface area contributed by atoms with Crippen LogP contribution in [-0.2, 0) is 16.3 Å². The van der Waals surface area contributed by atoms with Crippen molar-refractivity contribution >= 4 is 15.8 Å². The molecule has 0 amide bonds. The lowest BCUT2D eigenvalue weighted by atomic mass is 9.78. The number of hydrogen-bond donors (Lipinski definition) is 2. The minimum atomic E-state index is -3.13. The molecule has 2 N–H and O–H groups in total. The highest BCUT2D eigenvalue weighted by Gasteiger charge is 2.34. The molecule has 6 heteroatoms. The van der Waals surface area contributed by atoms with Crippen LogP contribution in [0.4, 0.5) is 0 Å². The van der Waals surface area contributed by atoms with Crippen molar-refractivity contribution in [1.29, 1.82) is 0 Å².